The minimum Gasteiger partial charge on any atom is -0.444 e. The predicted molar refractivity (Wildman–Crippen MR) is 102 cm³/mol. The number of nitrogens with zero attached hydrogens (tertiary/aromatic N) is 3. The molecule has 2 aliphatic heterocycles. The number of aromatic nitrogens is 1. The van der Waals surface area contributed by atoms with Gasteiger partial charge >= 0.3 is 0 Å². The smallest absolute Gasteiger partial charge is 0.226 e. The van der Waals surface area contributed by atoms with Gasteiger partial charge in [-0.05, 0) is 31.2 Å². The van der Waals surface area contributed by atoms with Crippen LogP contribution in [0.25, 0.3) is 11.5 Å². The van der Waals surface area contributed by atoms with E-state index in [1.54, 1.807) is 6.26 Å². The van der Waals surface area contributed by atoms with E-state index in [1.165, 1.54) is 6.42 Å². The molecule has 1 atom stereocenters. The van der Waals surface area contributed by atoms with Gasteiger partial charge in [0.25, 0.3) is 0 Å². The fourth-order valence-corrected chi connectivity index (χ4v) is 3.79. The summed E-state index contributed by atoms with van der Waals surface area (Å²) < 4.78 is 5.63. The molecule has 1 aromatic heterocycles. The van der Waals surface area contributed by atoms with Crippen LogP contribution >= 0.6 is 24.0 Å². The highest BCUT2D eigenvalue weighted by Crippen LogP contribution is 2.22. The maximum Gasteiger partial charge on any atom is 0.226 e. The third kappa shape index (κ3) is 4.54. The van der Waals surface area contributed by atoms with E-state index in [0.717, 1.165) is 63.1 Å². The average Bonchev–Trinajstić information content (AvgIpc) is 3.27. The summed E-state index contributed by atoms with van der Waals surface area (Å²) in [4.78, 5) is 9.70. The van der Waals surface area contributed by atoms with Gasteiger partial charge in [-0.15, -0.1) is 12.4 Å². The lowest BCUT2D eigenvalue weighted by Gasteiger charge is -2.37. The van der Waals surface area contributed by atoms with Gasteiger partial charge in [-0.3, -0.25) is 9.80 Å². The monoisotopic (exact) mass is 382 g/mol. The van der Waals surface area contributed by atoms with Gasteiger partial charge in [0, 0.05) is 55.9 Å². The second-order valence-electron chi connectivity index (χ2n) is 6.61. The highest BCUT2D eigenvalue weighted by atomic mass is 35.5. The van der Waals surface area contributed by atoms with Crippen LogP contribution < -0.4 is 5.32 Å². The molecule has 7 heteroatoms. The molecule has 2 fully saturated rings. The molecule has 0 aliphatic carbocycles. The van der Waals surface area contributed by atoms with Crippen LogP contribution in [0.5, 0.6) is 0 Å². The highest BCUT2D eigenvalue weighted by molar-refractivity contribution is 6.30. The van der Waals surface area contributed by atoms with Crippen LogP contribution in [0.4, 0.5) is 0 Å². The Bertz CT molecular complexity index is 679. The standard InChI is InChI=1S/C18H23ClN4O.ClH/c19-15-3-1-2-14(10-15)18-21-16(13-24-18)12-22-6-8-23(9-7-22)17-4-5-20-11-17;/h1-3,10,13,17,20H,4-9,11-12H2;1H. The first-order valence-electron chi connectivity index (χ1n) is 8.65. The van der Waals surface area contributed by atoms with Gasteiger partial charge in [0.2, 0.25) is 5.89 Å². The van der Waals surface area contributed by atoms with Crippen LogP contribution in [-0.2, 0) is 6.54 Å². The number of rotatable bonds is 4. The van der Waals surface area contributed by atoms with Crippen LogP contribution in [-0.4, -0.2) is 60.1 Å². The lowest BCUT2D eigenvalue weighted by molar-refractivity contribution is 0.0973. The van der Waals surface area contributed by atoms with Crippen molar-refractivity contribution in [3.8, 4) is 11.5 Å². The van der Waals surface area contributed by atoms with Gasteiger partial charge in [-0.2, -0.15) is 0 Å². The third-order valence-corrected chi connectivity index (χ3v) is 5.20. The van der Waals surface area contributed by atoms with E-state index in [2.05, 4.69) is 20.1 Å². The first kappa shape index (κ1) is 18.7. The van der Waals surface area contributed by atoms with Crippen molar-refractivity contribution in [3.63, 3.8) is 0 Å². The van der Waals surface area contributed by atoms with E-state index in [-0.39, 0.29) is 12.4 Å². The van der Waals surface area contributed by atoms with Crippen molar-refractivity contribution in [1.29, 1.82) is 0 Å². The van der Waals surface area contributed by atoms with Crippen molar-refractivity contribution in [3.05, 3.63) is 41.2 Å². The van der Waals surface area contributed by atoms with Crippen LogP contribution in [0, 0.1) is 0 Å². The molecule has 3 heterocycles. The average molecular weight is 383 g/mol. The molecule has 1 N–H and O–H groups in total. The molecule has 0 radical (unpaired) electrons. The zero-order chi connectivity index (χ0) is 16.4. The number of halogens is 2. The molecule has 25 heavy (non-hydrogen) atoms. The van der Waals surface area contributed by atoms with E-state index in [1.807, 2.05) is 24.3 Å². The van der Waals surface area contributed by atoms with Crippen molar-refractivity contribution in [1.82, 2.24) is 20.1 Å². The maximum atomic E-state index is 6.04. The minimum atomic E-state index is 0. The Morgan fingerprint density at radius 2 is 2.08 bits per heavy atom. The summed E-state index contributed by atoms with van der Waals surface area (Å²) >= 11 is 6.04. The van der Waals surface area contributed by atoms with Crippen molar-refractivity contribution in [2.24, 2.45) is 0 Å². The fourth-order valence-electron chi connectivity index (χ4n) is 3.60. The van der Waals surface area contributed by atoms with Gasteiger partial charge in [0.1, 0.15) is 6.26 Å². The quantitative estimate of drug-likeness (QED) is 0.880. The Morgan fingerprint density at radius 1 is 1.24 bits per heavy atom. The molecule has 0 amide bonds. The predicted octanol–water partition coefficient (Wildman–Crippen LogP) is 2.90. The first-order valence-corrected chi connectivity index (χ1v) is 9.03. The molecule has 5 nitrogen and oxygen atoms in total. The zero-order valence-electron chi connectivity index (χ0n) is 14.2. The Hall–Kier alpha value is -1.11. The SMILES string of the molecule is Cl.Clc1cccc(-c2nc(CN3CCN(C4CCNC4)CC3)co2)c1. The number of hydrogen-bond acceptors (Lipinski definition) is 5. The summed E-state index contributed by atoms with van der Waals surface area (Å²) in [5.74, 6) is 0.642. The number of piperazine rings is 1. The van der Waals surface area contributed by atoms with Crippen LogP contribution in [0.3, 0.4) is 0 Å². The van der Waals surface area contributed by atoms with Gasteiger partial charge < -0.3 is 9.73 Å². The summed E-state index contributed by atoms with van der Waals surface area (Å²) in [5, 5.41) is 4.15. The van der Waals surface area contributed by atoms with Crippen LogP contribution in [0.15, 0.2) is 34.9 Å². The second kappa shape index (κ2) is 8.52. The Morgan fingerprint density at radius 3 is 2.80 bits per heavy atom. The van der Waals surface area contributed by atoms with Crippen molar-refractivity contribution >= 4 is 24.0 Å². The van der Waals surface area contributed by atoms with Crippen molar-refractivity contribution in [2.75, 3.05) is 39.3 Å². The van der Waals surface area contributed by atoms with Crippen molar-refractivity contribution in [2.45, 2.75) is 19.0 Å². The van der Waals surface area contributed by atoms with Gasteiger partial charge in [-0.25, -0.2) is 4.98 Å². The minimum absolute atomic E-state index is 0. The molecule has 2 aromatic rings. The lowest BCUT2D eigenvalue weighted by Crippen LogP contribution is -2.50. The van der Waals surface area contributed by atoms with E-state index < -0.39 is 0 Å². The number of oxazole rings is 1. The van der Waals surface area contributed by atoms with Gasteiger partial charge in [-0.1, -0.05) is 17.7 Å². The summed E-state index contributed by atoms with van der Waals surface area (Å²) in [6.07, 6.45) is 3.05. The van der Waals surface area contributed by atoms with E-state index in [0.29, 0.717) is 10.9 Å². The summed E-state index contributed by atoms with van der Waals surface area (Å²) in [6, 6.07) is 8.35. The summed E-state index contributed by atoms with van der Waals surface area (Å²) in [5.41, 5.74) is 1.91. The normalized spacial score (nSPS) is 22.0. The molecular weight excluding hydrogens is 359 g/mol. The summed E-state index contributed by atoms with van der Waals surface area (Å²) in [6.45, 7) is 7.63. The molecule has 0 saturated carbocycles. The molecule has 2 saturated heterocycles. The van der Waals surface area contributed by atoms with Gasteiger partial charge in [0.15, 0.2) is 0 Å². The Labute approximate surface area is 159 Å². The molecular formula is C18H24Cl2N4O. The largest absolute Gasteiger partial charge is 0.444 e. The molecule has 2 aliphatic rings. The van der Waals surface area contributed by atoms with Crippen molar-refractivity contribution < 1.29 is 4.42 Å². The summed E-state index contributed by atoms with van der Waals surface area (Å²) in [7, 11) is 0. The van der Waals surface area contributed by atoms with E-state index >= 15 is 0 Å². The number of hydrogen-bond donors (Lipinski definition) is 1. The van der Waals surface area contributed by atoms with E-state index in [9.17, 15) is 0 Å². The molecule has 136 valence electrons. The fraction of sp³-hybridized carbons (Fsp3) is 0.500. The molecule has 1 aromatic carbocycles. The Balaban J connectivity index is 0.00000182. The zero-order valence-corrected chi connectivity index (χ0v) is 15.7. The second-order valence-corrected chi connectivity index (χ2v) is 7.05. The van der Waals surface area contributed by atoms with Gasteiger partial charge in [0.05, 0.1) is 5.69 Å². The van der Waals surface area contributed by atoms with Crippen LogP contribution in [0.2, 0.25) is 5.02 Å². The molecule has 0 spiro atoms. The van der Waals surface area contributed by atoms with Crippen LogP contribution in [0.1, 0.15) is 12.1 Å². The highest BCUT2D eigenvalue weighted by Gasteiger charge is 2.26. The molecule has 0 bridgehead atoms. The molecule has 4 rings (SSSR count). The third-order valence-electron chi connectivity index (χ3n) is 4.97. The number of nitrogens with one attached hydrogen (secondary N) is 1. The Kier molecular flexibility index (Phi) is 6.36. The van der Waals surface area contributed by atoms with E-state index in [4.69, 9.17) is 16.0 Å². The topological polar surface area (TPSA) is 44.5 Å². The first-order chi connectivity index (χ1) is 11.8. The molecule has 1 unspecified atom stereocenters. The number of benzene rings is 1. The lowest BCUT2D eigenvalue weighted by atomic mass is 10.2. The maximum absolute atomic E-state index is 6.04.